The summed E-state index contributed by atoms with van der Waals surface area (Å²) in [5, 5.41) is 22.6. The number of aliphatic carboxylic acids is 1. The monoisotopic (exact) mass is 279 g/mol. The van der Waals surface area contributed by atoms with Gasteiger partial charge in [0, 0.05) is 6.04 Å². The third-order valence-corrected chi connectivity index (χ3v) is 2.37. The average molecular weight is 279 g/mol. The van der Waals surface area contributed by atoms with Gasteiger partial charge in [-0.3, -0.25) is 9.59 Å². The van der Waals surface area contributed by atoms with Crippen LogP contribution in [0.2, 0.25) is 0 Å². The Labute approximate surface area is 113 Å². The van der Waals surface area contributed by atoms with Gasteiger partial charge in [-0.05, 0) is 24.3 Å². The van der Waals surface area contributed by atoms with Crippen molar-refractivity contribution in [3.8, 4) is 11.6 Å². The van der Waals surface area contributed by atoms with Gasteiger partial charge in [-0.2, -0.15) is 4.80 Å². The molecule has 2 heterocycles. The second-order valence-electron chi connectivity index (χ2n) is 4.19. The third kappa shape index (κ3) is 3.64. The molecule has 0 radical (unpaired) electrons. The predicted molar refractivity (Wildman–Crippen MR) is 65.4 cm³/mol. The Kier molecular flexibility index (Phi) is 4.08. The first-order chi connectivity index (χ1) is 9.54. The third-order valence-electron chi connectivity index (χ3n) is 2.37. The van der Waals surface area contributed by atoms with Gasteiger partial charge in [0.15, 0.2) is 5.76 Å². The molecule has 0 aliphatic heterocycles. The quantitative estimate of drug-likeness (QED) is 0.757. The Balaban J connectivity index is 1.90. The predicted octanol–water partition coefficient (Wildman–Crippen LogP) is -0.0875. The first-order valence-corrected chi connectivity index (χ1v) is 5.87. The minimum atomic E-state index is -0.975. The van der Waals surface area contributed by atoms with Gasteiger partial charge >= 0.3 is 5.97 Å². The van der Waals surface area contributed by atoms with E-state index in [1.54, 1.807) is 19.1 Å². The van der Waals surface area contributed by atoms with Crippen LogP contribution in [0.3, 0.4) is 0 Å². The van der Waals surface area contributed by atoms with Crippen LogP contribution in [-0.2, 0) is 16.1 Å². The molecule has 0 aromatic carbocycles. The maximum atomic E-state index is 11.6. The van der Waals surface area contributed by atoms with Gasteiger partial charge < -0.3 is 14.8 Å². The smallest absolute Gasteiger partial charge is 0.305 e. The van der Waals surface area contributed by atoms with E-state index >= 15 is 0 Å². The molecule has 0 aliphatic carbocycles. The molecule has 2 aromatic heterocycles. The first kappa shape index (κ1) is 13.7. The second-order valence-corrected chi connectivity index (χ2v) is 4.19. The summed E-state index contributed by atoms with van der Waals surface area (Å²) in [7, 11) is 0. The molecule has 2 N–H and O–H groups in total. The van der Waals surface area contributed by atoms with Crippen LogP contribution in [0, 0.1) is 0 Å². The van der Waals surface area contributed by atoms with Crippen molar-refractivity contribution in [2.75, 3.05) is 0 Å². The summed E-state index contributed by atoms with van der Waals surface area (Å²) in [5.41, 5.74) is 0. The van der Waals surface area contributed by atoms with Crippen LogP contribution < -0.4 is 5.32 Å². The molecule has 2 rings (SSSR count). The van der Waals surface area contributed by atoms with Crippen LogP contribution >= 0.6 is 0 Å². The minimum Gasteiger partial charge on any atom is -0.481 e. The zero-order chi connectivity index (χ0) is 14.5. The van der Waals surface area contributed by atoms with Crippen molar-refractivity contribution in [1.82, 2.24) is 25.5 Å². The van der Waals surface area contributed by atoms with E-state index in [4.69, 9.17) is 9.52 Å². The van der Waals surface area contributed by atoms with Gasteiger partial charge in [-0.25, -0.2) is 0 Å². The molecule has 2 aromatic rings. The number of furan rings is 1. The van der Waals surface area contributed by atoms with Crippen molar-refractivity contribution in [2.24, 2.45) is 0 Å². The van der Waals surface area contributed by atoms with E-state index < -0.39 is 12.0 Å². The number of nitrogens with zero attached hydrogens (tertiary/aromatic N) is 4. The highest BCUT2D eigenvalue weighted by atomic mass is 16.4. The van der Waals surface area contributed by atoms with Gasteiger partial charge in [0.2, 0.25) is 11.7 Å². The number of carbonyl (C=O) groups excluding carboxylic acids is 1. The molecule has 0 fully saturated rings. The summed E-state index contributed by atoms with van der Waals surface area (Å²) in [6.07, 6.45) is 1.34. The highest BCUT2D eigenvalue weighted by Gasteiger charge is 2.14. The number of nitrogens with one attached hydrogen (secondary N) is 1. The minimum absolute atomic E-state index is 0.141. The summed E-state index contributed by atoms with van der Waals surface area (Å²) >= 11 is 0. The zero-order valence-corrected chi connectivity index (χ0v) is 10.7. The van der Waals surface area contributed by atoms with Crippen molar-refractivity contribution in [3.63, 3.8) is 0 Å². The number of rotatable bonds is 6. The van der Waals surface area contributed by atoms with Crippen molar-refractivity contribution in [1.29, 1.82) is 0 Å². The summed E-state index contributed by atoms with van der Waals surface area (Å²) in [6.45, 7) is 1.47. The molecule has 0 spiro atoms. The van der Waals surface area contributed by atoms with Gasteiger partial charge in [0.05, 0.1) is 12.7 Å². The lowest BCUT2D eigenvalue weighted by Crippen LogP contribution is -2.36. The Morgan fingerprint density at radius 3 is 3.00 bits per heavy atom. The van der Waals surface area contributed by atoms with Crippen LogP contribution in [0.5, 0.6) is 0 Å². The Morgan fingerprint density at radius 2 is 2.35 bits per heavy atom. The number of hydrogen-bond donors (Lipinski definition) is 2. The molecule has 1 amide bonds. The van der Waals surface area contributed by atoms with Crippen LogP contribution in [0.25, 0.3) is 11.6 Å². The van der Waals surface area contributed by atoms with Crippen LogP contribution in [0.4, 0.5) is 0 Å². The molecular formula is C11H13N5O4. The molecule has 9 heteroatoms. The molecule has 0 aliphatic rings. The highest BCUT2D eigenvalue weighted by Crippen LogP contribution is 2.12. The molecule has 9 nitrogen and oxygen atoms in total. The second kappa shape index (κ2) is 5.95. The van der Waals surface area contributed by atoms with Gasteiger partial charge in [-0.15, -0.1) is 10.2 Å². The Morgan fingerprint density at radius 1 is 1.55 bits per heavy atom. The van der Waals surface area contributed by atoms with Gasteiger partial charge in [0.25, 0.3) is 0 Å². The molecule has 1 unspecified atom stereocenters. The normalized spacial score (nSPS) is 12.1. The number of carboxylic acid groups (broad SMARTS) is 1. The fraction of sp³-hybridized carbons (Fsp3) is 0.364. The molecule has 20 heavy (non-hydrogen) atoms. The lowest BCUT2D eigenvalue weighted by molar-refractivity contribution is -0.137. The summed E-state index contributed by atoms with van der Waals surface area (Å²) in [4.78, 5) is 23.2. The number of tetrazole rings is 1. The summed E-state index contributed by atoms with van der Waals surface area (Å²) in [5.74, 6) is -0.629. The molecule has 0 saturated carbocycles. The molecular weight excluding hydrogens is 266 g/mol. The van der Waals surface area contributed by atoms with Gasteiger partial charge in [-0.1, -0.05) is 0 Å². The van der Waals surface area contributed by atoms with E-state index in [2.05, 4.69) is 20.7 Å². The lowest BCUT2D eigenvalue weighted by Gasteiger charge is -2.10. The largest absolute Gasteiger partial charge is 0.481 e. The zero-order valence-electron chi connectivity index (χ0n) is 10.7. The summed E-state index contributed by atoms with van der Waals surface area (Å²) in [6, 6.07) is 2.90. The van der Waals surface area contributed by atoms with Crippen LogP contribution in [-0.4, -0.2) is 43.2 Å². The number of hydrogen-bond acceptors (Lipinski definition) is 6. The number of carboxylic acids is 1. The van der Waals surface area contributed by atoms with E-state index in [-0.39, 0.29) is 24.7 Å². The van der Waals surface area contributed by atoms with Crippen LogP contribution in [0.15, 0.2) is 22.8 Å². The van der Waals surface area contributed by atoms with Gasteiger partial charge in [0.1, 0.15) is 6.54 Å². The fourth-order valence-electron chi connectivity index (χ4n) is 1.58. The molecule has 106 valence electrons. The Hall–Kier alpha value is -2.71. The fourth-order valence-corrected chi connectivity index (χ4v) is 1.58. The maximum absolute atomic E-state index is 11.6. The SMILES string of the molecule is CC(CC(=O)O)NC(=O)Cn1nnc(-c2ccco2)n1. The van der Waals surface area contributed by atoms with Crippen molar-refractivity contribution in [3.05, 3.63) is 18.4 Å². The lowest BCUT2D eigenvalue weighted by atomic mass is 10.2. The van der Waals surface area contributed by atoms with E-state index in [0.29, 0.717) is 5.76 Å². The number of aromatic nitrogens is 4. The van der Waals surface area contributed by atoms with E-state index in [0.717, 1.165) is 4.80 Å². The van der Waals surface area contributed by atoms with Crippen molar-refractivity contribution in [2.45, 2.75) is 25.9 Å². The van der Waals surface area contributed by atoms with Crippen molar-refractivity contribution < 1.29 is 19.1 Å². The molecule has 1 atom stereocenters. The van der Waals surface area contributed by atoms with Crippen molar-refractivity contribution >= 4 is 11.9 Å². The van der Waals surface area contributed by atoms with E-state index in [1.165, 1.54) is 6.26 Å². The Bertz CT molecular complexity index is 592. The maximum Gasteiger partial charge on any atom is 0.305 e. The topological polar surface area (TPSA) is 123 Å². The molecule has 0 saturated heterocycles. The van der Waals surface area contributed by atoms with E-state index in [1.807, 2.05) is 0 Å². The molecule has 0 bridgehead atoms. The van der Waals surface area contributed by atoms with Crippen LogP contribution in [0.1, 0.15) is 13.3 Å². The standard InChI is InChI=1S/C11H13N5O4/c1-7(5-10(18)19)12-9(17)6-16-14-11(13-15-16)8-3-2-4-20-8/h2-4,7H,5-6H2,1H3,(H,12,17)(H,18,19). The summed E-state index contributed by atoms with van der Waals surface area (Å²) < 4.78 is 5.10. The average Bonchev–Trinajstić information content (AvgIpc) is 2.96. The first-order valence-electron chi connectivity index (χ1n) is 5.87. The number of carbonyl (C=O) groups is 2. The highest BCUT2D eigenvalue weighted by molar-refractivity contribution is 5.77. The number of amides is 1. The van der Waals surface area contributed by atoms with E-state index in [9.17, 15) is 9.59 Å².